The van der Waals surface area contributed by atoms with Crippen LogP contribution in [0.4, 0.5) is 0 Å². The van der Waals surface area contributed by atoms with Crippen molar-refractivity contribution in [3.8, 4) is 0 Å². The van der Waals surface area contributed by atoms with Crippen molar-refractivity contribution < 1.29 is 19.4 Å². The lowest BCUT2D eigenvalue weighted by Crippen LogP contribution is -2.41. The average Bonchev–Trinajstić information content (AvgIpc) is 2.80. The summed E-state index contributed by atoms with van der Waals surface area (Å²) >= 11 is 0. The number of hydrogen-bond acceptors (Lipinski definition) is 3. The molecule has 0 saturated carbocycles. The molecule has 1 heterocycles. The van der Waals surface area contributed by atoms with Crippen molar-refractivity contribution in [2.45, 2.75) is 64.5 Å². The lowest BCUT2D eigenvalue weighted by atomic mass is 9.96. The summed E-state index contributed by atoms with van der Waals surface area (Å²) in [4.78, 5) is 25.4. The summed E-state index contributed by atoms with van der Waals surface area (Å²) in [6, 6.07) is -0.221. The van der Waals surface area contributed by atoms with E-state index in [-0.39, 0.29) is 30.4 Å². The number of carboxylic acids is 1. The van der Waals surface area contributed by atoms with Crippen molar-refractivity contribution >= 4 is 11.9 Å². The van der Waals surface area contributed by atoms with E-state index in [1.807, 2.05) is 0 Å². The molecule has 116 valence electrons. The monoisotopic (exact) mass is 285 g/mol. The lowest BCUT2D eigenvalue weighted by Gasteiger charge is -2.28. The fourth-order valence-electron chi connectivity index (χ4n) is 3.03. The highest BCUT2D eigenvalue weighted by molar-refractivity contribution is 5.80. The van der Waals surface area contributed by atoms with E-state index in [4.69, 9.17) is 9.84 Å². The van der Waals surface area contributed by atoms with Crippen molar-refractivity contribution in [3.05, 3.63) is 0 Å². The van der Waals surface area contributed by atoms with Gasteiger partial charge in [-0.05, 0) is 19.3 Å². The fourth-order valence-corrected chi connectivity index (χ4v) is 3.03. The Hall–Kier alpha value is -1.10. The largest absolute Gasteiger partial charge is 0.481 e. The van der Waals surface area contributed by atoms with Gasteiger partial charge in [-0.25, -0.2) is 0 Å². The number of likely N-dealkylation sites (tertiary alicyclic amines) is 1. The van der Waals surface area contributed by atoms with Crippen LogP contribution in [0, 0.1) is 5.92 Å². The number of hydrogen-bond donors (Lipinski definition) is 1. The first-order chi connectivity index (χ1) is 9.53. The second-order valence-corrected chi connectivity index (χ2v) is 5.61. The molecule has 1 aliphatic heterocycles. The number of ether oxygens (including phenoxy) is 1. The summed E-state index contributed by atoms with van der Waals surface area (Å²) in [5.41, 5.74) is 0. The summed E-state index contributed by atoms with van der Waals surface area (Å²) in [6.45, 7) is 4.68. The molecule has 5 heteroatoms. The summed E-state index contributed by atoms with van der Waals surface area (Å²) in [6.07, 6.45) is 4.30. The molecule has 0 aromatic heterocycles. The Balaban J connectivity index is 2.77. The van der Waals surface area contributed by atoms with Crippen molar-refractivity contribution in [1.29, 1.82) is 0 Å². The molecule has 20 heavy (non-hydrogen) atoms. The van der Waals surface area contributed by atoms with Crippen LogP contribution in [0.3, 0.4) is 0 Å². The van der Waals surface area contributed by atoms with E-state index in [0.29, 0.717) is 13.0 Å². The maximum absolute atomic E-state index is 12.7. The molecule has 1 amide bonds. The van der Waals surface area contributed by atoms with Crippen LogP contribution in [0.5, 0.6) is 0 Å². The highest BCUT2D eigenvalue weighted by atomic mass is 16.5. The van der Waals surface area contributed by atoms with Gasteiger partial charge in [-0.2, -0.15) is 0 Å². The van der Waals surface area contributed by atoms with E-state index in [0.717, 1.165) is 25.7 Å². The maximum Gasteiger partial charge on any atom is 0.305 e. The summed E-state index contributed by atoms with van der Waals surface area (Å²) in [7, 11) is 1.62. The van der Waals surface area contributed by atoms with Crippen LogP contribution in [0.25, 0.3) is 0 Å². The normalized spacial score (nSPS) is 22.5. The Bertz CT molecular complexity index is 326. The number of aliphatic carboxylic acids is 1. The van der Waals surface area contributed by atoms with Crippen molar-refractivity contribution in [2.75, 3.05) is 13.7 Å². The zero-order valence-corrected chi connectivity index (χ0v) is 12.8. The fraction of sp³-hybridized carbons (Fsp3) is 0.867. The van der Waals surface area contributed by atoms with Gasteiger partial charge in [-0.3, -0.25) is 9.59 Å². The van der Waals surface area contributed by atoms with E-state index >= 15 is 0 Å². The zero-order chi connectivity index (χ0) is 15.1. The van der Waals surface area contributed by atoms with E-state index in [1.165, 1.54) is 0 Å². The lowest BCUT2D eigenvalue weighted by molar-refractivity contribution is -0.141. The maximum atomic E-state index is 12.7. The van der Waals surface area contributed by atoms with E-state index in [2.05, 4.69) is 13.8 Å². The van der Waals surface area contributed by atoms with Gasteiger partial charge in [0, 0.05) is 25.6 Å². The number of rotatable bonds is 8. The second-order valence-electron chi connectivity index (χ2n) is 5.61. The van der Waals surface area contributed by atoms with Gasteiger partial charge in [0.25, 0.3) is 0 Å². The van der Waals surface area contributed by atoms with Gasteiger partial charge in [0.05, 0.1) is 12.5 Å². The van der Waals surface area contributed by atoms with Crippen LogP contribution in [-0.2, 0) is 14.3 Å². The quantitative estimate of drug-likeness (QED) is 0.743. The predicted molar refractivity (Wildman–Crippen MR) is 76.5 cm³/mol. The Labute approximate surface area is 121 Å². The average molecular weight is 285 g/mol. The molecule has 2 atom stereocenters. The first-order valence-electron chi connectivity index (χ1n) is 7.58. The Morgan fingerprint density at radius 2 is 1.90 bits per heavy atom. The van der Waals surface area contributed by atoms with Crippen LogP contribution < -0.4 is 0 Å². The molecule has 0 aromatic carbocycles. The van der Waals surface area contributed by atoms with Crippen LogP contribution in [0.15, 0.2) is 0 Å². The summed E-state index contributed by atoms with van der Waals surface area (Å²) in [5, 5.41) is 9.00. The number of methoxy groups -OCH3 is 1. The van der Waals surface area contributed by atoms with Crippen molar-refractivity contribution in [2.24, 2.45) is 5.92 Å². The van der Waals surface area contributed by atoms with Gasteiger partial charge >= 0.3 is 5.97 Å². The minimum atomic E-state index is -0.855. The molecule has 5 nitrogen and oxygen atoms in total. The third-order valence-electron chi connectivity index (χ3n) is 4.03. The molecule has 1 N–H and O–H groups in total. The number of carboxylic acid groups (broad SMARTS) is 1. The minimum Gasteiger partial charge on any atom is -0.481 e. The minimum absolute atomic E-state index is 0.0105. The molecule has 1 saturated heterocycles. The molecule has 0 spiro atoms. The van der Waals surface area contributed by atoms with E-state index in [1.54, 1.807) is 12.0 Å². The molecule has 0 bridgehead atoms. The van der Waals surface area contributed by atoms with Crippen LogP contribution in [-0.4, -0.2) is 47.7 Å². The van der Waals surface area contributed by atoms with Crippen molar-refractivity contribution in [3.63, 3.8) is 0 Å². The molecule has 0 aromatic rings. The zero-order valence-electron chi connectivity index (χ0n) is 12.8. The second kappa shape index (κ2) is 8.25. The summed E-state index contributed by atoms with van der Waals surface area (Å²) < 4.78 is 5.32. The number of amides is 1. The first kappa shape index (κ1) is 17.0. The van der Waals surface area contributed by atoms with Gasteiger partial charge in [-0.15, -0.1) is 0 Å². The first-order valence-corrected chi connectivity index (χ1v) is 7.58. The van der Waals surface area contributed by atoms with E-state index in [9.17, 15) is 9.59 Å². The molecule has 0 aliphatic carbocycles. The Morgan fingerprint density at radius 1 is 1.30 bits per heavy atom. The highest BCUT2D eigenvalue weighted by Gasteiger charge is 2.38. The molecular weight excluding hydrogens is 258 g/mol. The highest BCUT2D eigenvalue weighted by Crippen LogP contribution is 2.27. The SMILES string of the molecule is CCCC(CCC)C(=O)N1CC(OC)CC1CC(=O)O. The number of carbonyl (C=O) groups excluding carboxylic acids is 1. The number of nitrogens with zero attached hydrogens (tertiary/aromatic N) is 1. The van der Waals surface area contributed by atoms with E-state index < -0.39 is 5.97 Å². The van der Waals surface area contributed by atoms with Crippen LogP contribution in [0.1, 0.15) is 52.4 Å². The Morgan fingerprint density at radius 3 is 2.35 bits per heavy atom. The molecule has 1 fully saturated rings. The topological polar surface area (TPSA) is 66.8 Å². The number of carbonyl (C=O) groups is 2. The van der Waals surface area contributed by atoms with Crippen molar-refractivity contribution in [1.82, 2.24) is 4.90 Å². The molecule has 0 radical (unpaired) electrons. The van der Waals surface area contributed by atoms with Gasteiger partial charge in [0.2, 0.25) is 5.91 Å². The molecule has 1 aliphatic rings. The predicted octanol–water partition coefficient (Wildman–Crippen LogP) is 2.29. The van der Waals surface area contributed by atoms with Crippen LogP contribution >= 0.6 is 0 Å². The third kappa shape index (κ3) is 4.47. The smallest absolute Gasteiger partial charge is 0.305 e. The Kier molecular flexibility index (Phi) is 6.99. The van der Waals surface area contributed by atoms with Gasteiger partial charge in [0.15, 0.2) is 0 Å². The standard InChI is InChI=1S/C15H27NO4/c1-4-6-11(7-5-2)15(19)16-10-13(20-3)8-12(16)9-14(17)18/h11-13H,4-10H2,1-3H3,(H,17,18). The molecular formula is C15H27NO4. The molecule has 1 rings (SSSR count). The summed E-state index contributed by atoms with van der Waals surface area (Å²) in [5.74, 6) is -0.719. The van der Waals surface area contributed by atoms with Crippen LogP contribution in [0.2, 0.25) is 0 Å². The van der Waals surface area contributed by atoms with Gasteiger partial charge < -0.3 is 14.7 Å². The molecule has 2 unspecified atom stereocenters. The third-order valence-corrected chi connectivity index (χ3v) is 4.03. The van der Waals surface area contributed by atoms with Gasteiger partial charge in [-0.1, -0.05) is 26.7 Å². The van der Waals surface area contributed by atoms with Gasteiger partial charge in [0.1, 0.15) is 0 Å².